The van der Waals surface area contributed by atoms with Crippen LogP contribution in [0.15, 0.2) is 42.5 Å². The number of ether oxygens (including phenoxy) is 4. The summed E-state index contributed by atoms with van der Waals surface area (Å²) in [5.74, 6) is 1.81. The minimum atomic E-state index is -0.845. The van der Waals surface area contributed by atoms with Gasteiger partial charge in [-0.2, -0.15) is 0 Å². The second-order valence-corrected chi connectivity index (χ2v) is 7.78. The first kappa shape index (κ1) is 25.7. The Balaban J connectivity index is 1.79. The molecule has 0 heterocycles. The van der Waals surface area contributed by atoms with Gasteiger partial charge < -0.3 is 30.0 Å². The van der Waals surface area contributed by atoms with Crippen molar-refractivity contribution < 1.29 is 28.5 Å². The van der Waals surface area contributed by atoms with Gasteiger partial charge in [0.1, 0.15) is 23.9 Å². The molecule has 0 aromatic heterocycles. The molecule has 2 rings (SSSR count). The first-order valence-corrected chi connectivity index (χ1v) is 10.7. The molecule has 0 saturated carbocycles. The molecule has 3 N–H and O–H groups in total. The Kier molecular flexibility index (Phi) is 10.2. The predicted octanol–water partition coefficient (Wildman–Crippen LogP) is 3.88. The van der Waals surface area contributed by atoms with Gasteiger partial charge in [0.15, 0.2) is 0 Å². The lowest BCUT2D eigenvalue weighted by molar-refractivity contribution is -0.122. The van der Waals surface area contributed by atoms with Crippen LogP contribution in [0.4, 0.5) is 4.79 Å². The normalized spacial score (nSPS) is 11.8. The van der Waals surface area contributed by atoms with E-state index in [4.69, 9.17) is 24.7 Å². The zero-order valence-corrected chi connectivity index (χ0v) is 19.5. The Morgan fingerprint density at radius 2 is 1.55 bits per heavy atom. The van der Waals surface area contributed by atoms with E-state index in [0.717, 1.165) is 11.1 Å². The summed E-state index contributed by atoms with van der Waals surface area (Å²) in [5.41, 5.74) is 7.63. The van der Waals surface area contributed by atoms with Gasteiger partial charge in [0.2, 0.25) is 5.91 Å². The number of hydrogen-bond donors (Lipinski definition) is 2. The highest BCUT2D eigenvalue weighted by molar-refractivity contribution is 5.81. The van der Waals surface area contributed by atoms with Crippen LogP contribution >= 0.6 is 0 Å². The predicted molar refractivity (Wildman–Crippen MR) is 127 cm³/mol. The van der Waals surface area contributed by atoms with E-state index in [2.05, 4.69) is 5.32 Å². The monoisotopic (exact) mass is 456 g/mol. The lowest BCUT2D eigenvalue weighted by Gasteiger charge is -2.14. The highest BCUT2D eigenvalue weighted by Gasteiger charge is 2.14. The summed E-state index contributed by atoms with van der Waals surface area (Å²) in [5, 5.41) is 2.64. The minimum absolute atomic E-state index is 0.0101. The third kappa shape index (κ3) is 9.24. The molecule has 0 aliphatic carbocycles. The molecule has 1 amide bonds. The average molecular weight is 457 g/mol. The zero-order valence-electron chi connectivity index (χ0n) is 19.5. The first-order valence-electron chi connectivity index (χ1n) is 10.7. The van der Waals surface area contributed by atoms with Crippen molar-refractivity contribution >= 4 is 24.2 Å². The number of benzene rings is 2. The van der Waals surface area contributed by atoms with Crippen molar-refractivity contribution in [2.24, 2.45) is 11.7 Å². The highest BCUT2D eigenvalue weighted by atomic mass is 16.7. The molecule has 1 unspecified atom stereocenters. The minimum Gasteiger partial charge on any atom is -0.497 e. The summed E-state index contributed by atoms with van der Waals surface area (Å²) < 4.78 is 20.7. The molecule has 2 aromatic carbocycles. The molecule has 0 bridgehead atoms. The van der Waals surface area contributed by atoms with Gasteiger partial charge in [-0.15, -0.1) is 0 Å². The lowest BCUT2D eigenvalue weighted by atomic mass is 10.0. The van der Waals surface area contributed by atoms with Crippen LogP contribution in [0.3, 0.4) is 0 Å². The molecule has 178 valence electrons. The zero-order chi connectivity index (χ0) is 24.2. The van der Waals surface area contributed by atoms with Crippen LogP contribution in [0.1, 0.15) is 31.4 Å². The fraction of sp³-hybridized carbons (Fsp3) is 0.360. The Morgan fingerprint density at radius 3 is 2.12 bits per heavy atom. The number of amides is 1. The molecule has 8 heteroatoms. The molecule has 0 saturated heterocycles. The van der Waals surface area contributed by atoms with E-state index in [1.54, 1.807) is 32.4 Å². The van der Waals surface area contributed by atoms with Gasteiger partial charge in [-0.1, -0.05) is 38.1 Å². The fourth-order valence-electron chi connectivity index (χ4n) is 2.95. The molecule has 8 nitrogen and oxygen atoms in total. The number of methoxy groups -OCH3 is 2. The fourth-order valence-corrected chi connectivity index (χ4v) is 2.95. The number of nitrogens with two attached hydrogens (primary N) is 1. The molecule has 0 radical (unpaired) electrons. The second-order valence-electron chi connectivity index (χ2n) is 7.78. The van der Waals surface area contributed by atoms with Crippen molar-refractivity contribution in [2.45, 2.75) is 26.3 Å². The van der Waals surface area contributed by atoms with Crippen LogP contribution in [0.5, 0.6) is 17.2 Å². The topological polar surface area (TPSA) is 109 Å². The molecule has 0 spiro atoms. The Labute approximate surface area is 194 Å². The van der Waals surface area contributed by atoms with E-state index in [1.807, 2.05) is 50.3 Å². The van der Waals surface area contributed by atoms with Crippen molar-refractivity contribution in [3.05, 3.63) is 53.6 Å². The van der Waals surface area contributed by atoms with E-state index in [1.165, 1.54) is 0 Å². The van der Waals surface area contributed by atoms with E-state index >= 15 is 0 Å². The number of carbonyl (C=O) groups excluding carboxylic acids is 2. The average Bonchev–Trinajstić information content (AvgIpc) is 2.80. The highest BCUT2D eigenvalue weighted by Crippen LogP contribution is 2.24. The lowest BCUT2D eigenvalue weighted by Crippen LogP contribution is -2.42. The molecule has 2 aromatic rings. The van der Waals surface area contributed by atoms with E-state index in [-0.39, 0.29) is 19.1 Å². The molecular weight excluding hydrogens is 424 g/mol. The van der Waals surface area contributed by atoms with E-state index < -0.39 is 12.2 Å². The second kappa shape index (κ2) is 13.1. The summed E-state index contributed by atoms with van der Waals surface area (Å²) in [6.07, 6.45) is 3.59. The molecule has 33 heavy (non-hydrogen) atoms. The van der Waals surface area contributed by atoms with Crippen LogP contribution < -0.4 is 25.3 Å². The molecule has 0 aliphatic heterocycles. The van der Waals surface area contributed by atoms with Gasteiger partial charge in [-0.25, -0.2) is 4.79 Å². The molecule has 0 fully saturated rings. The Bertz CT molecular complexity index is 918. The quantitative estimate of drug-likeness (QED) is 0.229. The number of carbonyl (C=O) groups is 2. The summed E-state index contributed by atoms with van der Waals surface area (Å²) in [6, 6.07) is 12.0. The van der Waals surface area contributed by atoms with Crippen molar-refractivity contribution in [3.8, 4) is 17.2 Å². The number of hydrogen-bond acceptors (Lipinski definition) is 7. The van der Waals surface area contributed by atoms with E-state index in [9.17, 15) is 9.59 Å². The summed E-state index contributed by atoms with van der Waals surface area (Å²) in [4.78, 5) is 23.7. The smallest absolute Gasteiger partial charge is 0.497 e. The van der Waals surface area contributed by atoms with Gasteiger partial charge in [0, 0.05) is 6.07 Å². The van der Waals surface area contributed by atoms with Gasteiger partial charge in [0.05, 0.1) is 26.8 Å². The van der Waals surface area contributed by atoms with Gasteiger partial charge >= 0.3 is 6.16 Å². The third-order valence-electron chi connectivity index (χ3n) is 4.61. The maximum absolute atomic E-state index is 11.8. The Hall–Kier alpha value is -3.52. The van der Waals surface area contributed by atoms with E-state index in [0.29, 0.717) is 29.6 Å². The standard InChI is InChI=1S/C25H32N2O6/c1-17(2)13-23(26)24(28)27-11-12-32-25(29)33-20-9-7-18(8-10-20)5-6-19-14-21(30-3)16-22(15-19)31-4/h5-10,14-17,23H,11-13,26H2,1-4H3,(H,27,28). The van der Waals surface area contributed by atoms with Crippen molar-refractivity contribution in [1.29, 1.82) is 0 Å². The van der Waals surface area contributed by atoms with Crippen LogP contribution in [0.25, 0.3) is 12.2 Å². The molecule has 0 aliphatic rings. The van der Waals surface area contributed by atoms with Gasteiger partial charge in [0.25, 0.3) is 0 Å². The first-order chi connectivity index (χ1) is 15.8. The van der Waals surface area contributed by atoms with Crippen molar-refractivity contribution in [3.63, 3.8) is 0 Å². The van der Waals surface area contributed by atoms with Crippen LogP contribution in [-0.2, 0) is 9.53 Å². The number of nitrogens with one attached hydrogen (secondary N) is 1. The Morgan fingerprint density at radius 1 is 0.939 bits per heavy atom. The van der Waals surface area contributed by atoms with Gasteiger partial charge in [-0.3, -0.25) is 4.79 Å². The van der Waals surface area contributed by atoms with Crippen LogP contribution in [0, 0.1) is 5.92 Å². The maximum atomic E-state index is 11.8. The van der Waals surface area contributed by atoms with Crippen molar-refractivity contribution in [1.82, 2.24) is 5.32 Å². The summed E-state index contributed by atoms with van der Waals surface area (Å²) in [6.45, 7) is 4.14. The van der Waals surface area contributed by atoms with Crippen LogP contribution in [-0.4, -0.2) is 45.5 Å². The van der Waals surface area contributed by atoms with Gasteiger partial charge in [-0.05, 0) is 47.7 Å². The largest absolute Gasteiger partial charge is 0.513 e. The number of rotatable bonds is 11. The van der Waals surface area contributed by atoms with Crippen molar-refractivity contribution in [2.75, 3.05) is 27.4 Å². The molecule has 1 atom stereocenters. The maximum Gasteiger partial charge on any atom is 0.513 e. The SMILES string of the molecule is COc1cc(C=Cc2ccc(OC(=O)OCCNC(=O)C(N)CC(C)C)cc2)cc(OC)c1. The summed E-state index contributed by atoms with van der Waals surface area (Å²) >= 11 is 0. The third-order valence-corrected chi connectivity index (χ3v) is 4.61. The summed E-state index contributed by atoms with van der Waals surface area (Å²) in [7, 11) is 3.21. The molecular formula is C25H32N2O6. The van der Waals surface area contributed by atoms with Crippen LogP contribution in [0.2, 0.25) is 0 Å².